The van der Waals surface area contributed by atoms with E-state index in [2.05, 4.69) is 47.2 Å². The van der Waals surface area contributed by atoms with Crippen LogP contribution in [-0.2, 0) is 6.42 Å². The number of likely N-dealkylation sites (N-methyl/N-ethyl adjacent to an activating group) is 1. The van der Waals surface area contributed by atoms with Crippen molar-refractivity contribution in [3.63, 3.8) is 0 Å². The SMILES string of the molecule is CN1CCN(CC(CN)Cc2ccccc2)CC1. The van der Waals surface area contributed by atoms with E-state index < -0.39 is 0 Å². The van der Waals surface area contributed by atoms with E-state index in [0.29, 0.717) is 5.92 Å². The van der Waals surface area contributed by atoms with Gasteiger partial charge in [0.1, 0.15) is 0 Å². The Balaban J connectivity index is 1.82. The van der Waals surface area contributed by atoms with E-state index in [1.54, 1.807) is 0 Å². The van der Waals surface area contributed by atoms with E-state index in [1.807, 2.05) is 0 Å². The van der Waals surface area contributed by atoms with Crippen molar-refractivity contribution >= 4 is 0 Å². The highest BCUT2D eigenvalue weighted by Crippen LogP contribution is 2.11. The Morgan fingerprint density at radius 2 is 1.78 bits per heavy atom. The molecule has 1 unspecified atom stereocenters. The van der Waals surface area contributed by atoms with Crippen molar-refractivity contribution in [2.24, 2.45) is 11.7 Å². The number of nitrogens with two attached hydrogens (primary N) is 1. The molecule has 1 saturated heterocycles. The van der Waals surface area contributed by atoms with Gasteiger partial charge in [-0.25, -0.2) is 0 Å². The Morgan fingerprint density at radius 1 is 1.11 bits per heavy atom. The van der Waals surface area contributed by atoms with Crippen LogP contribution in [0.15, 0.2) is 30.3 Å². The van der Waals surface area contributed by atoms with Gasteiger partial charge in [-0.3, -0.25) is 0 Å². The summed E-state index contributed by atoms with van der Waals surface area (Å²) < 4.78 is 0. The first kappa shape index (κ1) is 13.5. The predicted octanol–water partition coefficient (Wildman–Crippen LogP) is 1.05. The van der Waals surface area contributed by atoms with Gasteiger partial charge in [-0.1, -0.05) is 30.3 Å². The zero-order valence-corrected chi connectivity index (χ0v) is 11.4. The highest BCUT2D eigenvalue weighted by molar-refractivity contribution is 5.15. The second-order valence-electron chi connectivity index (χ2n) is 5.40. The molecule has 1 aliphatic rings. The summed E-state index contributed by atoms with van der Waals surface area (Å²) in [4.78, 5) is 4.95. The zero-order valence-electron chi connectivity index (χ0n) is 11.4. The highest BCUT2D eigenvalue weighted by atomic mass is 15.2. The first-order valence-electron chi connectivity index (χ1n) is 6.93. The molecule has 0 aliphatic carbocycles. The summed E-state index contributed by atoms with van der Waals surface area (Å²) in [6.45, 7) is 6.65. The van der Waals surface area contributed by atoms with Crippen LogP contribution in [0.25, 0.3) is 0 Å². The summed E-state index contributed by atoms with van der Waals surface area (Å²) in [5, 5.41) is 0. The summed E-state index contributed by atoms with van der Waals surface area (Å²) in [5.74, 6) is 0.579. The molecule has 1 fully saturated rings. The third kappa shape index (κ3) is 4.09. The van der Waals surface area contributed by atoms with Crippen LogP contribution in [-0.4, -0.2) is 56.1 Å². The molecule has 3 nitrogen and oxygen atoms in total. The molecule has 3 heteroatoms. The van der Waals surface area contributed by atoms with Crippen LogP contribution in [0.3, 0.4) is 0 Å². The van der Waals surface area contributed by atoms with Crippen LogP contribution in [0.2, 0.25) is 0 Å². The van der Waals surface area contributed by atoms with E-state index in [9.17, 15) is 0 Å². The van der Waals surface area contributed by atoms with Gasteiger partial charge < -0.3 is 15.5 Å². The fourth-order valence-electron chi connectivity index (χ4n) is 2.57. The van der Waals surface area contributed by atoms with E-state index in [-0.39, 0.29) is 0 Å². The van der Waals surface area contributed by atoms with Gasteiger partial charge in [-0.15, -0.1) is 0 Å². The van der Waals surface area contributed by atoms with Crippen molar-refractivity contribution in [1.82, 2.24) is 9.80 Å². The molecule has 1 heterocycles. The van der Waals surface area contributed by atoms with Gasteiger partial charge in [0.2, 0.25) is 0 Å². The summed E-state index contributed by atoms with van der Waals surface area (Å²) in [5.41, 5.74) is 7.33. The number of nitrogens with zero attached hydrogens (tertiary/aromatic N) is 2. The molecule has 2 rings (SSSR count). The minimum atomic E-state index is 0.579. The van der Waals surface area contributed by atoms with Crippen molar-refractivity contribution in [1.29, 1.82) is 0 Å². The molecule has 2 N–H and O–H groups in total. The van der Waals surface area contributed by atoms with Crippen molar-refractivity contribution in [2.75, 3.05) is 46.3 Å². The summed E-state index contributed by atoms with van der Waals surface area (Å²) in [6.07, 6.45) is 1.10. The standard InChI is InChI=1S/C15H25N3/c1-17-7-9-18(10-8-17)13-15(12-16)11-14-5-3-2-4-6-14/h2-6,15H,7-13,16H2,1H3. The van der Waals surface area contributed by atoms with Crippen LogP contribution in [0.5, 0.6) is 0 Å². The van der Waals surface area contributed by atoms with E-state index >= 15 is 0 Å². The largest absolute Gasteiger partial charge is 0.330 e. The third-order valence-electron chi connectivity index (χ3n) is 3.81. The maximum absolute atomic E-state index is 5.93. The van der Waals surface area contributed by atoms with Crippen molar-refractivity contribution < 1.29 is 0 Å². The lowest BCUT2D eigenvalue weighted by atomic mass is 9.98. The van der Waals surface area contributed by atoms with Gasteiger partial charge in [0.25, 0.3) is 0 Å². The van der Waals surface area contributed by atoms with Crippen molar-refractivity contribution in [3.05, 3.63) is 35.9 Å². The Hall–Kier alpha value is -0.900. The average molecular weight is 247 g/mol. The second-order valence-corrected chi connectivity index (χ2v) is 5.40. The Labute approximate surface area is 111 Å². The second kappa shape index (κ2) is 6.88. The molecule has 18 heavy (non-hydrogen) atoms. The van der Waals surface area contributed by atoms with Crippen LogP contribution in [0, 0.1) is 5.92 Å². The molecule has 0 aromatic heterocycles. The molecule has 0 amide bonds. The molecular weight excluding hydrogens is 222 g/mol. The van der Waals surface area contributed by atoms with Crippen LogP contribution in [0.4, 0.5) is 0 Å². The molecule has 100 valence electrons. The maximum Gasteiger partial charge on any atom is 0.0110 e. The summed E-state index contributed by atoms with van der Waals surface area (Å²) >= 11 is 0. The van der Waals surface area contributed by atoms with E-state index in [4.69, 9.17) is 5.73 Å². The number of rotatable bonds is 5. The molecule has 0 bridgehead atoms. The van der Waals surface area contributed by atoms with Gasteiger partial charge in [-0.05, 0) is 31.5 Å². The van der Waals surface area contributed by atoms with Gasteiger partial charge in [0.15, 0.2) is 0 Å². The quantitative estimate of drug-likeness (QED) is 0.844. The lowest BCUT2D eigenvalue weighted by molar-refractivity contribution is 0.137. The van der Waals surface area contributed by atoms with Crippen LogP contribution < -0.4 is 5.73 Å². The van der Waals surface area contributed by atoms with Crippen molar-refractivity contribution in [3.8, 4) is 0 Å². The fraction of sp³-hybridized carbons (Fsp3) is 0.600. The van der Waals surface area contributed by atoms with Crippen LogP contribution >= 0.6 is 0 Å². The van der Waals surface area contributed by atoms with Gasteiger partial charge >= 0.3 is 0 Å². The Bertz CT molecular complexity index is 331. The lowest BCUT2D eigenvalue weighted by Gasteiger charge is -2.34. The molecular formula is C15H25N3. The molecule has 1 aromatic carbocycles. The van der Waals surface area contributed by atoms with Gasteiger partial charge in [0.05, 0.1) is 0 Å². The minimum absolute atomic E-state index is 0.579. The summed E-state index contributed by atoms with van der Waals surface area (Å²) in [6, 6.07) is 10.7. The number of hydrogen-bond acceptors (Lipinski definition) is 3. The molecule has 1 aliphatic heterocycles. The first-order chi connectivity index (χ1) is 8.78. The Morgan fingerprint density at radius 3 is 2.39 bits per heavy atom. The lowest BCUT2D eigenvalue weighted by Crippen LogP contribution is -2.47. The predicted molar refractivity (Wildman–Crippen MR) is 76.6 cm³/mol. The van der Waals surface area contributed by atoms with Gasteiger partial charge in [0, 0.05) is 32.7 Å². The monoisotopic (exact) mass is 247 g/mol. The van der Waals surface area contributed by atoms with Crippen molar-refractivity contribution in [2.45, 2.75) is 6.42 Å². The molecule has 1 atom stereocenters. The number of benzene rings is 1. The smallest absolute Gasteiger partial charge is 0.0110 e. The normalized spacial score (nSPS) is 19.9. The topological polar surface area (TPSA) is 32.5 Å². The molecule has 0 saturated carbocycles. The average Bonchev–Trinajstić information content (AvgIpc) is 2.41. The minimum Gasteiger partial charge on any atom is -0.330 e. The van der Waals surface area contributed by atoms with E-state index in [1.165, 1.54) is 31.7 Å². The number of piperazine rings is 1. The number of hydrogen-bond donors (Lipinski definition) is 1. The summed E-state index contributed by atoms with van der Waals surface area (Å²) in [7, 11) is 2.20. The maximum atomic E-state index is 5.93. The van der Waals surface area contributed by atoms with Crippen LogP contribution in [0.1, 0.15) is 5.56 Å². The third-order valence-corrected chi connectivity index (χ3v) is 3.81. The first-order valence-corrected chi connectivity index (χ1v) is 6.93. The molecule has 0 spiro atoms. The van der Waals surface area contributed by atoms with Gasteiger partial charge in [-0.2, -0.15) is 0 Å². The molecule has 0 radical (unpaired) electrons. The Kier molecular flexibility index (Phi) is 5.17. The molecule has 1 aromatic rings. The highest BCUT2D eigenvalue weighted by Gasteiger charge is 2.17. The van der Waals surface area contributed by atoms with E-state index in [0.717, 1.165) is 19.5 Å². The zero-order chi connectivity index (χ0) is 12.8. The fourth-order valence-corrected chi connectivity index (χ4v) is 2.57.